The molecule has 1 heterocycles. The van der Waals surface area contributed by atoms with E-state index in [1.54, 1.807) is 25.1 Å². The number of aryl methyl sites for hydroxylation is 1. The fourth-order valence-corrected chi connectivity index (χ4v) is 3.39. The van der Waals surface area contributed by atoms with E-state index in [9.17, 15) is 9.59 Å². The van der Waals surface area contributed by atoms with Crippen molar-refractivity contribution in [3.05, 3.63) is 69.2 Å². The Kier molecular flexibility index (Phi) is 4.28. The molecule has 1 fully saturated rings. The van der Waals surface area contributed by atoms with E-state index < -0.39 is 11.6 Å². The smallest absolute Gasteiger partial charge is 0.319 e. The van der Waals surface area contributed by atoms with Crippen LogP contribution in [0.2, 0.25) is 10.0 Å². The van der Waals surface area contributed by atoms with Gasteiger partial charge in [-0.1, -0.05) is 59.1 Å². The number of hydrogen-bond donors (Lipinski definition) is 1. The summed E-state index contributed by atoms with van der Waals surface area (Å²) < 4.78 is 0. The van der Waals surface area contributed by atoms with Crippen LogP contribution in [0.5, 0.6) is 0 Å². The van der Waals surface area contributed by atoms with Gasteiger partial charge >= 0.3 is 6.03 Å². The van der Waals surface area contributed by atoms with Gasteiger partial charge in [-0.05, 0) is 31.5 Å². The summed E-state index contributed by atoms with van der Waals surface area (Å²) in [6.07, 6.45) is 0. The van der Waals surface area contributed by atoms with Crippen molar-refractivity contribution < 1.29 is 9.59 Å². The molecular formula is C18H16Cl2N2O2. The molecule has 2 aromatic carbocycles. The lowest BCUT2D eigenvalue weighted by atomic mass is 9.92. The summed E-state index contributed by atoms with van der Waals surface area (Å²) in [6.45, 7) is 3.85. The first-order valence-electron chi connectivity index (χ1n) is 7.46. The van der Waals surface area contributed by atoms with Crippen LogP contribution in [0.4, 0.5) is 4.79 Å². The third-order valence-electron chi connectivity index (χ3n) is 4.21. The van der Waals surface area contributed by atoms with E-state index in [0.29, 0.717) is 15.6 Å². The van der Waals surface area contributed by atoms with Crippen LogP contribution in [0, 0.1) is 6.92 Å². The first-order chi connectivity index (χ1) is 11.3. The number of nitrogens with zero attached hydrogens (tertiary/aromatic N) is 1. The third-order valence-corrected chi connectivity index (χ3v) is 4.75. The van der Waals surface area contributed by atoms with Gasteiger partial charge in [0.1, 0.15) is 5.54 Å². The number of hydrogen-bond acceptors (Lipinski definition) is 2. The summed E-state index contributed by atoms with van der Waals surface area (Å²) in [4.78, 5) is 26.4. The monoisotopic (exact) mass is 362 g/mol. The molecule has 0 aromatic heterocycles. The van der Waals surface area contributed by atoms with Crippen LogP contribution < -0.4 is 5.32 Å². The van der Waals surface area contributed by atoms with Gasteiger partial charge in [0.05, 0.1) is 6.54 Å². The molecule has 0 unspecified atom stereocenters. The van der Waals surface area contributed by atoms with Crippen molar-refractivity contribution in [2.45, 2.75) is 25.9 Å². The molecule has 1 aliphatic rings. The first-order valence-corrected chi connectivity index (χ1v) is 8.22. The Morgan fingerprint density at radius 1 is 1.08 bits per heavy atom. The maximum atomic E-state index is 12.9. The number of carbonyl (C=O) groups excluding carboxylic acids is 2. The number of halogens is 2. The van der Waals surface area contributed by atoms with Crippen LogP contribution in [0.1, 0.15) is 23.6 Å². The highest BCUT2D eigenvalue weighted by Gasteiger charge is 2.49. The van der Waals surface area contributed by atoms with Crippen molar-refractivity contribution in [3.63, 3.8) is 0 Å². The Hall–Kier alpha value is -2.04. The Labute approximate surface area is 150 Å². The van der Waals surface area contributed by atoms with Gasteiger partial charge in [0.2, 0.25) is 0 Å². The van der Waals surface area contributed by atoms with Gasteiger partial charge in [-0.25, -0.2) is 4.79 Å². The number of rotatable bonds is 3. The standard InChI is InChI=1S/C18H16Cl2N2O2/c1-11-3-5-12(6-4-11)10-22-16(23)18(2,21-17(22)24)14-8-7-13(19)9-15(14)20/h3-9H,10H2,1-2H3,(H,21,24)/t18-/m0/s1. The molecule has 1 atom stereocenters. The molecule has 3 rings (SSSR count). The maximum Gasteiger partial charge on any atom is 0.325 e. The molecule has 0 bridgehead atoms. The highest BCUT2D eigenvalue weighted by molar-refractivity contribution is 6.35. The van der Waals surface area contributed by atoms with Gasteiger partial charge in [-0.15, -0.1) is 0 Å². The number of urea groups is 1. The van der Waals surface area contributed by atoms with E-state index in [4.69, 9.17) is 23.2 Å². The topological polar surface area (TPSA) is 49.4 Å². The van der Waals surface area contributed by atoms with E-state index in [0.717, 1.165) is 11.1 Å². The summed E-state index contributed by atoms with van der Waals surface area (Å²) in [6, 6.07) is 12.1. The molecule has 1 saturated heterocycles. The summed E-state index contributed by atoms with van der Waals surface area (Å²) in [7, 11) is 0. The second kappa shape index (κ2) is 6.11. The molecule has 124 valence electrons. The van der Waals surface area contributed by atoms with Crippen LogP contribution in [-0.4, -0.2) is 16.8 Å². The highest BCUT2D eigenvalue weighted by atomic mass is 35.5. The molecular weight excluding hydrogens is 347 g/mol. The second-order valence-corrected chi connectivity index (χ2v) is 6.90. The fraction of sp³-hybridized carbons (Fsp3) is 0.222. The van der Waals surface area contributed by atoms with Gasteiger partial charge in [0, 0.05) is 15.6 Å². The lowest BCUT2D eigenvalue weighted by Gasteiger charge is -2.23. The van der Waals surface area contributed by atoms with Crippen LogP contribution in [0.15, 0.2) is 42.5 Å². The Balaban J connectivity index is 1.91. The molecule has 0 saturated carbocycles. The van der Waals surface area contributed by atoms with E-state index in [2.05, 4.69) is 5.32 Å². The maximum absolute atomic E-state index is 12.9. The summed E-state index contributed by atoms with van der Waals surface area (Å²) in [5.74, 6) is -0.336. The number of benzene rings is 2. The minimum atomic E-state index is -1.20. The van der Waals surface area contributed by atoms with Crippen molar-refractivity contribution in [2.24, 2.45) is 0 Å². The van der Waals surface area contributed by atoms with Gasteiger partial charge in [-0.3, -0.25) is 9.69 Å². The zero-order chi connectivity index (χ0) is 17.5. The zero-order valence-electron chi connectivity index (χ0n) is 13.3. The summed E-state index contributed by atoms with van der Waals surface area (Å²) >= 11 is 12.1. The van der Waals surface area contributed by atoms with Gasteiger partial charge in [0.25, 0.3) is 5.91 Å². The van der Waals surface area contributed by atoms with Crippen LogP contribution in [0.3, 0.4) is 0 Å². The van der Waals surface area contributed by atoms with E-state index >= 15 is 0 Å². The van der Waals surface area contributed by atoms with Crippen molar-refractivity contribution >= 4 is 35.1 Å². The Morgan fingerprint density at radius 2 is 1.75 bits per heavy atom. The fourth-order valence-electron chi connectivity index (χ4n) is 2.79. The molecule has 6 heteroatoms. The molecule has 4 nitrogen and oxygen atoms in total. The molecule has 1 N–H and O–H groups in total. The largest absolute Gasteiger partial charge is 0.325 e. The predicted molar refractivity (Wildman–Crippen MR) is 94.1 cm³/mol. The Morgan fingerprint density at radius 3 is 2.38 bits per heavy atom. The second-order valence-electron chi connectivity index (χ2n) is 6.06. The van der Waals surface area contributed by atoms with Gasteiger partial charge in [0.15, 0.2) is 0 Å². The molecule has 3 amide bonds. The molecule has 0 radical (unpaired) electrons. The van der Waals surface area contributed by atoms with Crippen LogP contribution >= 0.6 is 23.2 Å². The minimum Gasteiger partial charge on any atom is -0.319 e. The number of nitrogens with one attached hydrogen (secondary N) is 1. The van der Waals surface area contributed by atoms with E-state index in [1.807, 2.05) is 31.2 Å². The summed E-state index contributed by atoms with van der Waals surface area (Å²) in [5, 5.41) is 3.56. The van der Waals surface area contributed by atoms with Gasteiger partial charge < -0.3 is 5.32 Å². The molecule has 24 heavy (non-hydrogen) atoms. The quantitative estimate of drug-likeness (QED) is 0.828. The van der Waals surface area contributed by atoms with Gasteiger partial charge in [-0.2, -0.15) is 0 Å². The predicted octanol–water partition coefficient (Wildman–Crippen LogP) is 4.27. The van der Waals surface area contributed by atoms with Crippen molar-refractivity contribution in [2.75, 3.05) is 0 Å². The SMILES string of the molecule is Cc1ccc(CN2C(=O)N[C@@](C)(c3ccc(Cl)cc3Cl)C2=O)cc1. The molecule has 2 aromatic rings. The lowest BCUT2D eigenvalue weighted by Crippen LogP contribution is -2.41. The van der Waals surface area contributed by atoms with Crippen LogP contribution in [0.25, 0.3) is 0 Å². The number of amides is 3. The number of carbonyl (C=O) groups is 2. The lowest BCUT2D eigenvalue weighted by molar-refractivity contribution is -0.131. The van der Waals surface area contributed by atoms with Crippen molar-refractivity contribution in [1.29, 1.82) is 0 Å². The third kappa shape index (κ3) is 2.87. The normalized spacial score (nSPS) is 20.4. The first kappa shape index (κ1) is 16.8. The van der Waals surface area contributed by atoms with E-state index in [-0.39, 0.29) is 12.5 Å². The van der Waals surface area contributed by atoms with Crippen molar-refractivity contribution in [1.82, 2.24) is 10.2 Å². The average Bonchev–Trinajstić information content (AvgIpc) is 2.73. The zero-order valence-corrected chi connectivity index (χ0v) is 14.8. The highest BCUT2D eigenvalue weighted by Crippen LogP contribution is 2.35. The van der Waals surface area contributed by atoms with Crippen LogP contribution in [-0.2, 0) is 16.9 Å². The molecule has 0 aliphatic carbocycles. The number of imide groups is 1. The Bertz CT molecular complexity index is 820. The summed E-state index contributed by atoms with van der Waals surface area (Å²) in [5.41, 5.74) is 1.33. The minimum absolute atomic E-state index is 0.214. The molecule has 0 spiro atoms. The average molecular weight is 363 g/mol. The molecule has 1 aliphatic heterocycles. The van der Waals surface area contributed by atoms with Crippen molar-refractivity contribution in [3.8, 4) is 0 Å². The van der Waals surface area contributed by atoms with E-state index in [1.165, 1.54) is 4.90 Å².